The molecule has 0 N–H and O–H groups in total. The normalized spacial score (nSPS) is 10.6. The lowest BCUT2D eigenvalue weighted by molar-refractivity contribution is 0.415. The number of fused-ring (bicyclic) bond motifs is 1. The van der Waals surface area contributed by atoms with Gasteiger partial charge in [-0.25, -0.2) is 0 Å². The van der Waals surface area contributed by atoms with Crippen LogP contribution in [0.1, 0.15) is 5.56 Å². The SMILES string of the molecule is COc1ccc2cc(-c3ccccc3)cc(C)c2c1. The maximum atomic E-state index is 5.29. The van der Waals surface area contributed by atoms with Crippen molar-refractivity contribution in [2.24, 2.45) is 0 Å². The van der Waals surface area contributed by atoms with Gasteiger partial charge in [0.05, 0.1) is 7.11 Å². The van der Waals surface area contributed by atoms with Crippen molar-refractivity contribution in [3.63, 3.8) is 0 Å². The van der Waals surface area contributed by atoms with Gasteiger partial charge in [-0.2, -0.15) is 0 Å². The summed E-state index contributed by atoms with van der Waals surface area (Å²) in [4.78, 5) is 0. The van der Waals surface area contributed by atoms with Gasteiger partial charge in [0.2, 0.25) is 0 Å². The molecule has 3 aromatic carbocycles. The minimum absolute atomic E-state index is 0.906. The Balaban J connectivity index is 2.20. The summed E-state index contributed by atoms with van der Waals surface area (Å²) in [7, 11) is 1.70. The summed E-state index contributed by atoms with van der Waals surface area (Å²) in [5.74, 6) is 0.906. The molecular weight excluding hydrogens is 232 g/mol. The highest BCUT2D eigenvalue weighted by molar-refractivity contribution is 5.91. The fourth-order valence-corrected chi connectivity index (χ4v) is 2.45. The minimum atomic E-state index is 0.906. The molecule has 0 aromatic heterocycles. The monoisotopic (exact) mass is 248 g/mol. The lowest BCUT2D eigenvalue weighted by Crippen LogP contribution is -1.86. The third-order valence-corrected chi connectivity index (χ3v) is 3.48. The van der Waals surface area contributed by atoms with Gasteiger partial charge < -0.3 is 4.74 Å². The van der Waals surface area contributed by atoms with Crippen LogP contribution in [0.5, 0.6) is 5.75 Å². The molecule has 19 heavy (non-hydrogen) atoms. The first-order chi connectivity index (χ1) is 9.28. The Labute approximate surface area is 113 Å². The Morgan fingerprint density at radius 2 is 1.58 bits per heavy atom. The van der Waals surface area contributed by atoms with Crippen LogP contribution in [-0.4, -0.2) is 7.11 Å². The van der Waals surface area contributed by atoms with Crippen molar-refractivity contribution >= 4 is 10.8 Å². The van der Waals surface area contributed by atoms with Crippen LogP contribution in [0.15, 0.2) is 60.7 Å². The predicted molar refractivity (Wildman–Crippen MR) is 80.7 cm³/mol. The first-order valence-electron chi connectivity index (χ1n) is 6.42. The van der Waals surface area contributed by atoms with Crippen LogP contribution in [0.25, 0.3) is 21.9 Å². The molecule has 3 aromatic rings. The van der Waals surface area contributed by atoms with E-state index in [9.17, 15) is 0 Å². The second kappa shape index (κ2) is 4.77. The van der Waals surface area contributed by atoms with E-state index in [1.54, 1.807) is 7.11 Å². The summed E-state index contributed by atoms with van der Waals surface area (Å²) in [6, 6.07) is 21.2. The Kier molecular flexibility index (Phi) is 2.96. The molecule has 0 atom stereocenters. The van der Waals surface area contributed by atoms with Crippen molar-refractivity contribution in [2.75, 3.05) is 7.11 Å². The predicted octanol–water partition coefficient (Wildman–Crippen LogP) is 4.82. The Hall–Kier alpha value is -2.28. The summed E-state index contributed by atoms with van der Waals surface area (Å²) in [6.45, 7) is 2.15. The van der Waals surface area contributed by atoms with Gasteiger partial charge in [0.25, 0.3) is 0 Å². The molecular formula is C18H16O. The summed E-state index contributed by atoms with van der Waals surface area (Å²) < 4.78 is 5.29. The van der Waals surface area contributed by atoms with Gasteiger partial charge in [0.15, 0.2) is 0 Å². The Bertz CT molecular complexity index is 714. The second-order valence-corrected chi connectivity index (χ2v) is 4.75. The highest BCUT2D eigenvalue weighted by Crippen LogP contribution is 2.29. The van der Waals surface area contributed by atoms with Crippen molar-refractivity contribution in [1.29, 1.82) is 0 Å². The Morgan fingerprint density at radius 1 is 0.789 bits per heavy atom. The number of methoxy groups -OCH3 is 1. The molecule has 94 valence electrons. The van der Waals surface area contributed by atoms with E-state index in [1.165, 1.54) is 27.5 Å². The van der Waals surface area contributed by atoms with Gasteiger partial charge in [0.1, 0.15) is 5.75 Å². The number of aryl methyl sites for hydroxylation is 1. The van der Waals surface area contributed by atoms with E-state index in [4.69, 9.17) is 4.74 Å². The van der Waals surface area contributed by atoms with Crippen LogP contribution >= 0.6 is 0 Å². The highest BCUT2D eigenvalue weighted by Gasteiger charge is 2.04. The van der Waals surface area contributed by atoms with Crippen molar-refractivity contribution in [3.8, 4) is 16.9 Å². The zero-order valence-electron chi connectivity index (χ0n) is 11.2. The van der Waals surface area contributed by atoms with Crippen molar-refractivity contribution < 1.29 is 4.74 Å². The average Bonchev–Trinajstić information content (AvgIpc) is 2.48. The molecule has 0 amide bonds. The van der Waals surface area contributed by atoms with Crippen LogP contribution < -0.4 is 4.74 Å². The van der Waals surface area contributed by atoms with Crippen LogP contribution in [0.4, 0.5) is 0 Å². The van der Waals surface area contributed by atoms with E-state index in [0.717, 1.165) is 5.75 Å². The summed E-state index contributed by atoms with van der Waals surface area (Å²) in [5.41, 5.74) is 3.79. The number of hydrogen-bond acceptors (Lipinski definition) is 1. The summed E-state index contributed by atoms with van der Waals surface area (Å²) >= 11 is 0. The molecule has 0 saturated heterocycles. The lowest BCUT2D eigenvalue weighted by Gasteiger charge is -2.09. The summed E-state index contributed by atoms with van der Waals surface area (Å²) in [6.07, 6.45) is 0. The number of rotatable bonds is 2. The maximum absolute atomic E-state index is 5.29. The van der Waals surface area contributed by atoms with Crippen molar-refractivity contribution in [2.45, 2.75) is 6.92 Å². The first-order valence-corrected chi connectivity index (χ1v) is 6.42. The number of ether oxygens (including phenoxy) is 1. The highest BCUT2D eigenvalue weighted by atomic mass is 16.5. The van der Waals surface area contributed by atoms with Gasteiger partial charge in [-0.05, 0) is 52.6 Å². The van der Waals surface area contributed by atoms with E-state index in [2.05, 4.69) is 55.5 Å². The van der Waals surface area contributed by atoms with Crippen LogP contribution in [0, 0.1) is 6.92 Å². The molecule has 3 rings (SSSR count). The van der Waals surface area contributed by atoms with Gasteiger partial charge in [-0.3, -0.25) is 0 Å². The van der Waals surface area contributed by atoms with Crippen LogP contribution in [0.2, 0.25) is 0 Å². The fraction of sp³-hybridized carbons (Fsp3) is 0.111. The molecule has 0 saturated carbocycles. The standard InChI is InChI=1S/C18H16O/c1-13-10-16(14-6-4-3-5-7-14)11-15-8-9-17(19-2)12-18(13)15/h3-12H,1-2H3. The molecule has 0 spiro atoms. The third kappa shape index (κ3) is 2.19. The zero-order valence-corrected chi connectivity index (χ0v) is 11.2. The molecule has 1 heteroatoms. The quantitative estimate of drug-likeness (QED) is 0.631. The summed E-state index contributed by atoms with van der Waals surface area (Å²) in [5, 5.41) is 2.50. The van der Waals surface area contributed by atoms with Crippen molar-refractivity contribution in [3.05, 3.63) is 66.2 Å². The molecule has 0 bridgehead atoms. The number of hydrogen-bond donors (Lipinski definition) is 0. The average molecular weight is 248 g/mol. The number of benzene rings is 3. The molecule has 0 aliphatic rings. The van der Waals surface area contributed by atoms with E-state index in [-0.39, 0.29) is 0 Å². The largest absolute Gasteiger partial charge is 0.497 e. The molecule has 0 aliphatic carbocycles. The molecule has 0 heterocycles. The molecule has 1 nitrogen and oxygen atoms in total. The van der Waals surface area contributed by atoms with Crippen LogP contribution in [0.3, 0.4) is 0 Å². The third-order valence-electron chi connectivity index (χ3n) is 3.48. The lowest BCUT2D eigenvalue weighted by atomic mass is 9.97. The molecule has 0 fully saturated rings. The maximum Gasteiger partial charge on any atom is 0.119 e. The Morgan fingerprint density at radius 3 is 2.32 bits per heavy atom. The van der Waals surface area contributed by atoms with E-state index >= 15 is 0 Å². The molecule has 0 aliphatic heterocycles. The molecule has 0 unspecified atom stereocenters. The first kappa shape index (κ1) is 11.8. The van der Waals surface area contributed by atoms with Crippen LogP contribution in [-0.2, 0) is 0 Å². The smallest absolute Gasteiger partial charge is 0.119 e. The topological polar surface area (TPSA) is 9.23 Å². The van der Waals surface area contributed by atoms with Gasteiger partial charge in [-0.15, -0.1) is 0 Å². The zero-order chi connectivity index (χ0) is 13.2. The minimum Gasteiger partial charge on any atom is -0.497 e. The van der Waals surface area contributed by atoms with E-state index in [0.29, 0.717) is 0 Å². The fourth-order valence-electron chi connectivity index (χ4n) is 2.45. The van der Waals surface area contributed by atoms with Crippen molar-refractivity contribution in [1.82, 2.24) is 0 Å². The van der Waals surface area contributed by atoms with E-state index < -0.39 is 0 Å². The van der Waals surface area contributed by atoms with Gasteiger partial charge >= 0.3 is 0 Å². The second-order valence-electron chi connectivity index (χ2n) is 4.75. The van der Waals surface area contributed by atoms with E-state index in [1.807, 2.05) is 12.1 Å². The van der Waals surface area contributed by atoms with Gasteiger partial charge in [0, 0.05) is 0 Å². The molecule has 0 radical (unpaired) electrons. The van der Waals surface area contributed by atoms with Gasteiger partial charge in [-0.1, -0.05) is 42.5 Å².